The lowest BCUT2D eigenvalue weighted by Gasteiger charge is -2.25. The number of aliphatic imine (C=N–C) groups is 1. The molecule has 1 fully saturated rings. The molecule has 47 heavy (non-hydrogen) atoms. The van der Waals surface area contributed by atoms with Gasteiger partial charge in [0, 0.05) is 6.61 Å². The quantitative estimate of drug-likeness (QED) is 0.0796. The largest absolute Gasteiger partial charge is 0.463 e. The van der Waals surface area contributed by atoms with E-state index < -0.39 is 60.0 Å². The van der Waals surface area contributed by atoms with Crippen LogP contribution in [-0.2, 0) is 45.4 Å². The maximum atomic E-state index is 13.0. The summed E-state index contributed by atoms with van der Waals surface area (Å²) in [6, 6.07) is 12.8. The highest BCUT2D eigenvalue weighted by Crippen LogP contribution is 2.41. The Kier molecular flexibility index (Phi) is 12.9. The Bertz CT molecular complexity index is 1480. The lowest BCUT2D eigenvalue weighted by atomic mass is 9.92. The van der Waals surface area contributed by atoms with Gasteiger partial charge >= 0.3 is 17.8 Å². The molecule has 0 saturated carbocycles. The molecule has 2 aromatic rings. The van der Waals surface area contributed by atoms with Gasteiger partial charge in [0.05, 0.1) is 12.1 Å². The number of H-pyrrole nitrogens is 1. The van der Waals surface area contributed by atoms with E-state index in [0.717, 1.165) is 24.7 Å². The second-order valence-electron chi connectivity index (χ2n) is 12.0. The van der Waals surface area contributed by atoms with E-state index in [1.54, 1.807) is 52.0 Å². The number of aromatic nitrogens is 1. The Balaban J connectivity index is 1.92. The molecule has 0 unspecified atom stereocenters. The monoisotopic (exact) mass is 653 g/mol. The molecule has 1 amide bonds. The predicted octanol–water partition coefficient (Wildman–Crippen LogP) is 0.110. The lowest BCUT2D eigenvalue weighted by Crippen LogP contribution is -2.76. The topological polar surface area (TPSA) is 226 Å². The van der Waals surface area contributed by atoms with Crippen molar-refractivity contribution in [2.24, 2.45) is 22.4 Å². The molecule has 254 valence electrons. The van der Waals surface area contributed by atoms with Crippen LogP contribution in [0.2, 0.25) is 0 Å². The van der Waals surface area contributed by atoms with Gasteiger partial charge in [-0.1, -0.05) is 62.5 Å². The van der Waals surface area contributed by atoms with Crippen molar-refractivity contribution in [2.45, 2.75) is 89.4 Å². The minimum absolute atomic E-state index is 0.00812. The van der Waals surface area contributed by atoms with Crippen LogP contribution in [0.3, 0.4) is 0 Å². The fourth-order valence-electron chi connectivity index (χ4n) is 4.70. The highest BCUT2D eigenvalue weighted by atomic mass is 16.6. The molecular formula is C33H45N6O8+. The molecule has 7 N–H and O–H groups in total. The van der Waals surface area contributed by atoms with E-state index in [4.69, 9.17) is 30.4 Å². The molecule has 1 aliphatic rings. The van der Waals surface area contributed by atoms with Gasteiger partial charge in [-0.05, 0) is 43.9 Å². The van der Waals surface area contributed by atoms with Crippen molar-refractivity contribution >= 4 is 30.0 Å². The number of hydrogen-bond donors (Lipinski definition) is 5. The van der Waals surface area contributed by atoms with Crippen molar-refractivity contribution in [1.82, 2.24) is 4.98 Å². The van der Waals surface area contributed by atoms with Crippen LogP contribution in [0.15, 0.2) is 47.5 Å². The zero-order chi connectivity index (χ0) is 34.8. The molecule has 14 nitrogen and oxygen atoms in total. The fourth-order valence-corrected chi connectivity index (χ4v) is 4.70. The van der Waals surface area contributed by atoms with Gasteiger partial charge in [-0.25, -0.2) is 9.79 Å². The Morgan fingerprint density at radius 2 is 1.94 bits per heavy atom. The van der Waals surface area contributed by atoms with Crippen LogP contribution in [0.1, 0.15) is 64.4 Å². The standard InChI is InChI=1S/C33H44N6O8/c1-6-7-15-45-32(4,5)31(43)39-29(37-19-35)22-13-14-24(38-22)33(18-34)28(41)27(46-30(42)26(36)20(2)3)23(47-33)17-44-25(40)16-21-11-9-8-10-12-21/h8-14,19-20,23,26-28,38,41H,6-7,15-17,36H2,1-5H3,(H2,35,37,39,43)/p+1/t23-,26+,27-,28-,33+/m1/s1. The highest BCUT2D eigenvalue weighted by Gasteiger charge is 2.59. The smallest absolute Gasteiger partial charge is 0.347 e. The molecule has 1 saturated heterocycles. The van der Waals surface area contributed by atoms with Crippen LogP contribution in [-0.4, -0.2) is 83.3 Å². The number of hydrogen-bond acceptors (Lipinski definition) is 10. The number of aliphatic hydroxyl groups is 1. The van der Waals surface area contributed by atoms with Gasteiger partial charge in [0.2, 0.25) is 5.60 Å². The average Bonchev–Trinajstić information content (AvgIpc) is 3.63. The minimum atomic E-state index is -2.12. The SMILES string of the molecule is CCCCOC(C)(C)C(=O)N=C([NH+]=CN)c1ccc([C@]2(C#N)O[C@H](COC(=O)Cc3ccccc3)[C@@H](OC(=O)[C@@H](N)C(C)C)[C@H]2O)[nH]1. The van der Waals surface area contributed by atoms with Gasteiger partial charge in [-0.2, -0.15) is 5.26 Å². The Hall–Kier alpha value is -4.42. The third kappa shape index (κ3) is 9.11. The van der Waals surface area contributed by atoms with Crippen LogP contribution >= 0.6 is 0 Å². The molecule has 2 heterocycles. The van der Waals surface area contributed by atoms with Gasteiger partial charge in [-0.3, -0.25) is 9.59 Å². The van der Waals surface area contributed by atoms with E-state index >= 15 is 0 Å². The van der Waals surface area contributed by atoms with E-state index in [2.05, 4.69) is 15.0 Å². The number of aliphatic hydroxyl groups excluding tert-OH is 1. The average molecular weight is 654 g/mol. The number of benzene rings is 1. The zero-order valence-corrected chi connectivity index (χ0v) is 27.4. The third-order valence-electron chi connectivity index (χ3n) is 7.69. The van der Waals surface area contributed by atoms with Crippen LogP contribution in [0.25, 0.3) is 0 Å². The van der Waals surface area contributed by atoms with Gasteiger partial charge in [0.1, 0.15) is 36.6 Å². The maximum absolute atomic E-state index is 13.0. The highest BCUT2D eigenvalue weighted by molar-refractivity contribution is 6.01. The Labute approximate surface area is 274 Å². The predicted molar refractivity (Wildman–Crippen MR) is 170 cm³/mol. The van der Waals surface area contributed by atoms with Gasteiger partial charge < -0.3 is 40.5 Å². The van der Waals surface area contributed by atoms with E-state index in [9.17, 15) is 24.8 Å². The Morgan fingerprint density at radius 3 is 2.55 bits per heavy atom. The van der Waals surface area contributed by atoms with Crippen LogP contribution < -0.4 is 16.5 Å². The number of nitrogens with one attached hydrogen (secondary N) is 2. The van der Waals surface area contributed by atoms with Crippen LogP contribution in [0, 0.1) is 17.2 Å². The molecule has 0 aliphatic carbocycles. The first-order valence-electron chi connectivity index (χ1n) is 15.5. The second-order valence-corrected chi connectivity index (χ2v) is 12.0. The first kappa shape index (κ1) is 37.0. The molecule has 1 aromatic carbocycles. The summed E-state index contributed by atoms with van der Waals surface area (Å²) in [7, 11) is 0. The summed E-state index contributed by atoms with van der Waals surface area (Å²) >= 11 is 0. The number of nitrogens with zero attached hydrogens (tertiary/aromatic N) is 2. The van der Waals surface area contributed by atoms with E-state index in [1.165, 1.54) is 12.1 Å². The summed E-state index contributed by atoms with van der Waals surface area (Å²) in [5, 5.41) is 21.9. The number of unbranched alkanes of at least 4 members (excludes halogenated alkanes) is 1. The molecule has 0 radical (unpaired) electrons. The first-order valence-corrected chi connectivity index (χ1v) is 15.5. The number of rotatable bonds is 14. The summed E-state index contributed by atoms with van der Waals surface area (Å²) in [5.41, 5.74) is 9.23. The number of esters is 2. The summed E-state index contributed by atoms with van der Waals surface area (Å²) in [5.74, 6) is -2.29. The van der Waals surface area contributed by atoms with Gasteiger partial charge in [-0.15, -0.1) is 0 Å². The number of ether oxygens (including phenoxy) is 4. The molecule has 0 spiro atoms. The normalized spacial score (nSPS) is 22.3. The zero-order valence-electron chi connectivity index (χ0n) is 27.4. The van der Waals surface area contributed by atoms with Crippen molar-refractivity contribution in [3.8, 4) is 6.07 Å². The number of amides is 1. The number of nitriles is 1. The number of carbonyl (C=O) groups excluding carboxylic acids is 3. The summed E-state index contributed by atoms with van der Waals surface area (Å²) in [6.45, 7) is 8.60. The van der Waals surface area contributed by atoms with Crippen molar-refractivity contribution in [3.05, 3.63) is 59.4 Å². The van der Waals surface area contributed by atoms with Gasteiger partial charge in [0.25, 0.3) is 5.84 Å². The molecule has 14 heteroatoms. The van der Waals surface area contributed by atoms with E-state index in [-0.39, 0.29) is 29.6 Å². The number of nitrogens with two attached hydrogens (primary N) is 2. The molecule has 1 aliphatic heterocycles. The van der Waals surface area contributed by atoms with E-state index in [0.29, 0.717) is 6.61 Å². The molecule has 5 atom stereocenters. The third-order valence-corrected chi connectivity index (χ3v) is 7.69. The number of carbonyl (C=O) groups is 3. The van der Waals surface area contributed by atoms with Crippen molar-refractivity contribution in [1.29, 1.82) is 5.26 Å². The van der Waals surface area contributed by atoms with E-state index in [1.807, 2.05) is 19.1 Å². The van der Waals surface area contributed by atoms with Crippen molar-refractivity contribution < 1.29 is 43.4 Å². The lowest BCUT2D eigenvalue weighted by molar-refractivity contribution is -0.309. The Morgan fingerprint density at radius 1 is 1.23 bits per heavy atom. The minimum Gasteiger partial charge on any atom is -0.463 e. The molecule has 0 bridgehead atoms. The summed E-state index contributed by atoms with van der Waals surface area (Å²) in [6.07, 6.45) is -1.72. The molecule has 3 rings (SSSR count). The first-order chi connectivity index (χ1) is 22.3. The molecule has 1 aromatic heterocycles. The van der Waals surface area contributed by atoms with Crippen molar-refractivity contribution in [3.63, 3.8) is 0 Å². The summed E-state index contributed by atoms with van der Waals surface area (Å²) < 4.78 is 22.8. The molecular weight excluding hydrogens is 608 g/mol. The maximum Gasteiger partial charge on any atom is 0.347 e. The van der Waals surface area contributed by atoms with Gasteiger partial charge in [0.15, 0.2) is 18.0 Å². The summed E-state index contributed by atoms with van der Waals surface area (Å²) in [4.78, 5) is 48.4. The number of amidine groups is 1. The van der Waals surface area contributed by atoms with Crippen LogP contribution in [0.5, 0.6) is 0 Å². The second kappa shape index (κ2) is 16.4. The fraction of sp³-hybridized carbons (Fsp3) is 0.515. The number of aromatic amines is 1. The van der Waals surface area contributed by atoms with Crippen LogP contribution in [0.4, 0.5) is 0 Å². The van der Waals surface area contributed by atoms with Crippen molar-refractivity contribution in [2.75, 3.05) is 13.2 Å².